The van der Waals surface area contributed by atoms with E-state index in [1.54, 1.807) is 23.1 Å². The van der Waals surface area contributed by atoms with Crippen molar-refractivity contribution in [3.63, 3.8) is 0 Å². The third-order valence-electron chi connectivity index (χ3n) is 2.87. The molecule has 1 heterocycles. The van der Waals surface area contributed by atoms with Crippen molar-refractivity contribution in [1.82, 2.24) is 0 Å². The summed E-state index contributed by atoms with van der Waals surface area (Å²) >= 11 is 9.19. The van der Waals surface area contributed by atoms with Gasteiger partial charge in [-0.2, -0.15) is 0 Å². The summed E-state index contributed by atoms with van der Waals surface area (Å²) < 4.78 is 22.8. The van der Waals surface area contributed by atoms with Crippen molar-refractivity contribution in [2.24, 2.45) is 11.1 Å². The molecule has 0 aliphatic carbocycles. The Morgan fingerprint density at radius 2 is 2.16 bits per heavy atom. The van der Waals surface area contributed by atoms with Crippen molar-refractivity contribution >= 4 is 49.1 Å². The van der Waals surface area contributed by atoms with Crippen LogP contribution in [0.25, 0.3) is 0 Å². The molecule has 1 fully saturated rings. The van der Waals surface area contributed by atoms with E-state index in [9.17, 15) is 13.2 Å². The molecule has 0 saturated carbocycles. The van der Waals surface area contributed by atoms with E-state index in [0.717, 1.165) is 0 Å². The maximum Gasteiger partial charge on any atom is 0.227 e. The number of nitrogens with zero attached hydrogens (tertiary/aromatic N) is 1. The first-order valence-electron chi connectivity index (χ1n) is 5.52. The fourth-order valence-electron chi connectivity index (χ4n) is 2.15. The number of hydrogen-bond acceptors (Lipinski definition) is 3. The molecular weight excluding hydrogens is 356 g/mol. The van der Waals surface area contributed by atoms with E-state index in [1.165, 1.54) is 0 Å². The molecule has 1 atom stereocenters. The summed E-state index contributed by atoms with van der Waals surface area (Å²) in [5.74, 6) is -0.567. The summed E-state index contributed by atoms with van der Waals surface area (Å²) in [6.45, 7) is 0.343. The second-order valence-electron chi connectivity index (χ2n) is 4.50. The van der Waals surface area contributed by atoms with Gasteiger partial charge in [-0.3, -0.25) is 4.79 Å². The van der Waals surface area contributed by atoms with E-state index in [-0.39, 0.29) is 24.0 Å². The van der Waals surface area contributed by atoms with Crippen molar-refractivity contribution in [3.8, 4) is 0 Å². The minimum absolute atomic E-state index is 0.114. The molecule has 2 N–H and O–H groups in total. The zero-order valence-electron chi connectivity index (χ0n) is 9.84. The van der Waals surface area contributed by atoms with E-state index in [4.69, 9.17) is 16.7 Å². The highest BCUT2D eigenvalue weighted by atomic mass is 79.9. The zero-order chi connectivity index (χ0) is 14.2. The first kappa shape index (κ1) is 14.8. The van der Waals surface area contributed by atoms with Gasteiger partial charge in [0.1, 0.15) is 0 Å². The van der Waals surface area contributed by atoms with Crippen LogP contribution >= 0.6 is 27.5 Å². The average molecular weight is 368 g/mol. The molecule has 104 valence electrons. The number of carbonyl (C=O) groups excluding carboxylic acids is 1. The smallest absolute Gasteiger partial charge is 0.227 e. The molecule has 1 unspecified atom stereocenters. The third kappa shape index (κ3) is 3.68. The summed E-state index contributed by atoms with van der Waals surface area (Å²) in [4.78, 5) is 13.5. The molecule has 1 aliphatic heterocycles. The van der Waals surface area contributed by atoms with Gasteiger partial charge in [0.2, 0.25) is 15.9 Å². The summed E-state index contributed by atoms with van der Waals surface area (Å²) in [5.41, 5.74) is 0.686. The van der Waals surface area contributed by atoms with Crippen LogP contribution in [0.1, 0.15) is 6.42 Å². The Balaban J connectivity index is 2.20. The number of carbonyl (C=O) groups is 1. The fraction of sp³-hybridized carbons (Fsp3) is 0.364. The van der Waals surface area contributed by atoms with E-state index < -0.39 is 10.0 Å². The lowest BCUT2D eigenvalue weighted by Crippen LogP contribution is -2.27. The van der Waals surface area contributed by atoms with Crippen molar-refractivity contribution in [2.75, 3.05) is 17.2 Å². The first-order chi connectivity index (χ1) is 8.76. The van der Waals surface area contributed by atoms with Gasteiger partial charge < -0.3 is 4.90 Å². The molecule has 1 aromatic rings. The highest BCUT2D eigenvalue weighted by Gasteiger charge is 2.33. The van der Waals surface area contributed by atoms with Crippen molar-refractivity contribution in [2.45, 2.75) is 6.42 Å². The molecule has 1 saturated heterocycles. The van der Waals surface area contributed by atoms with Gasteiger partial charge in [-0.15, -0.1) is 0 Å². The Morgan fingerprint density at radius 3 is 2.74 bits per heavy atom. The van der Waals surface area contributed by atoms with Gasteiger partial charge in [-0.05, 0) is 34.1 Å². The normalized spacial score (nSPS) is 20.1. The molecule has 0 spiro atoms. The summed E-state index contributed by atoms with van der Waals surface area (Å²) in [6, 6.07) is 5.10. The van der Waals surface area contributed by atoms with Crippen LogP contribution in [0.4, 0.5) is 5.69 Å². The highest BCUT2D eigenvalue weighted by molar-refractivity contribution is 9.10. The van der Waals surface area contributed by atoms with Crippen LogP contribution in [-0.2, 0) is 14.8 Å². The quantitative estimate of drug-likeness (QED) is 0.883. The summed E-state index contributed by atoms with van der Waals surface area (Å²) in [6.07, 6.45) is 0.186. The molecular formula is C11H12BrClN2O3S. The number of primary sulfonamides is 1. The lowest BCUT2D eigenvalue weighted by Gasteiger charge is -2.18. The lowest BCUT2D eigenvalue weighted by atomic mass is 10.1. The molecule has 0 radical (unpaired) electrons. The zero-order valence-corrected chi connectivity index (χ0v) is 13.0. The second kappa shape index (κ2) is 5.40. The third-order valence-corrected chi connectivity index (χ3v) is 4.68. The topological polar surface area (TPSA) is 80.5 Å². The van der Waals surface area contributed by atoms with E-state index >= 15 is 0 Å². The van der Waals surface area contributed by atoms with E-state index in [0.29, 0.717) is 21.7 Å². The number of benzene rings is 1. The number of rotatable bonds is 3. The molecule has 1 aromatic carbocycles. The van der Waals surface area contributed by atoms with Gasteiger partial charge in [-0.25, -0.2) is 13.6 Å². The van der Waals surface area contributed by atoms with Gasteiger partial charge in [0, 0.05) is 28.4 Å². The average Bonchev–Trinajstić information content (AvgIpc) is 2.56. The number of sulfonamides is 1. The molecule has 1 amide bonds. The number of halogens is 2. The van der Waals surface area contributed by atoms with Gasteiger partial charge in [-0.1, -0.05) is 11.6 Å². The Bertz CT molecular complexity index is 620. The van der Waals surface area contributed by atoms with Gasteiger partial charge in [0.05, 0.1) is 11.4 Å². The number of hydrogen-bond donors (Lipinski definition) is 1. The van der Waals surface area contributed by atoms with Crippen molar-refractivity contribution in [3.05, 3.63) is 27.7 Å². The SMILES string of the molecule is NS(=O)(=O)CC1CC(=O)N(c2ccc(Cl)cc2Br)C1. The van der Waals surface area contributed by atoms with E-state index in [1.807, 2.05) is 0 Å². The Kier molecular flexibility index (Phi) is 4.20. The lowest BCUT2D eigenvalue weighted by molar-refractivity contribution is -0.117. The van der Waals surface area contributed by atoms with E-state index in [2.05, 4.69) is 15.9 Å². The Labute approximate surface area is 124 Å². The van der Waals surface area contributed by atoms with Crippen LogP contribution < -0.4 is 10.0 Å². The largest absolute Gasteiger partial charge is 0.311 e. The Morgan fingerprint density at radius 1 is 1.47 bits per heavy atom. The summed E-state index contributed by atoms with van der Waals surface area (Å²) in [5, 5.41) is 5.57. The first-order valence-corrected chi connectivity index (χ1v) is 8.41. The second-order valence-corrected chi connectivity index (χ2v) is 7.45. The van der Waals surface area contributed by atoms with Crippen LogP contribution in [-0.4, -0.2) is 26.6 Å². The predicted molar refractivity (Wildman–Crippen MR) is 77.6 cm³/mol. The van der Waals surface area contributed by atoms with Crippen LogP contribution in [0.5, 0.6) is 0 Å². The number of anilines is 1. The number of amides is 1. The monoisotopic (exact) mass is 366 g/mol. The molecule has 8 heteroatoms. The van der Waals surface area contributed by atoms with Crippen LogP contribution in [0.3, 0.4) is 0 Å². The van der Waals surface area contributed by atoms with Gasteiger partial charge >= 0.3 is 0 Å². The minimum atomic E-state index is -3.57. The maximum atomic E-state index is 11.9. The molecule has 19 heavy (non-hydrogen) atoms. The molecule has 0 bridgehead atoms. The summed E-state index contributed by atoms with van der Waals surface area (Å²) in [7, 11) is -3.57. The molecule has 0 aromatic heterocycles. The van der Waals surface area contributed by atoms with Crippen LogP contribution in [0, 0.1) is 5.92 Å². The van der Waals surface area contributed by atoms with Gasteiger partial charge in [0.25, 0.3) is 0 Å². The van der Waals surface area contributed by atoms with Crippen molar-refractivity contribution in [1.29, 1.82) is 0 Å². The predicted octanol–water partition coefficient (Wildman–Crippen LogP) is 1.74. The van der Waals surface area contributed by atoms with Gasteiger partial charge in [0.15, 0.2) is 0 Å². The van der Waals surface area contributed by atoms with Crippen LogP contribution in [0.2, 0.25) is 5.02 Å². The fourth-order valence-corrected chi connectivity index (χ4v) is 3.93. The standard InChI is InChI=1S/C11H12BrClN2O3S/c12-9-4-8(13)1-2-10(9)15-5-7(3-11(15)16)6-19(14,17)18/h1-2,4,7H,3,5-6H2,(H2,14,17,18). The molecule has 1 aliphatic rings. The Hall–Kier alpha value is -0.630. The minimum Gasteiger partial charge on any atom is -0.311 e. The maximum absolute atomic E-state index is 11.9. The van der Waals surface area contributed by atoms with Crippen molar-refractivity contribution < 1.29 is 13.2 Å². The molecule has 5 nitrogen and oxygen atoms in total. The number of nitrogens with two attached hydrogens (primary N) is 1. The van der Waals surface area contributed by atoms with Crippen LogP contribution in [0.15, 0.2) is 22.7 Å². The highest BCUT2D eigenvalue weighted by Crippen LogP contribution is 2.33. The molecule has 2 rings (SSSR count).